The number of nitrogens with zero attached hydrogens (tertiary/aromatic N) is 2. The third-order valence-corrected chi connectivity index (χ3v) is 8.97. The van der Waals surface area contributed by atoms with Gasteiger partial charge < -0.3 is 14.5 Å². The Morgan fingerprint density at radius 3 is 2.49 bits per heavy atom. The van der Waals surface area contributed by atoms with Gasteiger partial charge in [-0.2, -0.15) is 28.3 Å². The summed E-state index contributed by atoms with van der Waals surface area (Å²) in [5, 5.41) is 7.48. The number of imide groups is 1. The second-order valence-electron chi connectivity index (χ2n) is 12.0. The van der Waals surface area contributed by atoms with Crippen LogP contribution in [-0.2, 0) is 30.1 Å². The van der Waals surface area contributed by atoms with Gasteiger partial charge >= 0.3 is 0 Å². The molecule has 3 aromatic rings. The van der Waals surface area contributed by atoms with Crippen molar-refractivity contribution in [1.82, 2.24) is 15.2 Å². The molecule has 6 rings (SSSR count). The summed E-state index contributed by atoms with van der Waals surface area (Å²) in [7, 11) is 13.4. The van der Waals surface area contributed by atoms with Crippen LogP contribution in [0.1, 0.15) is 74.1 Å². The summed E-state index contributed by atoms with van der Waals surface area (Å²) in [5.41, 5.74) is 6.59. The first-order chi connectivity index (χ1) is 21.4. The Morgan fingerprint density at radius 2 is 1.91 bits per heavy atom. The molecule has 6 radical (unpaired) electrons. The second kappa shape index (κ2) is 13.9. The Kier molecular flexibility index (Phi) is 10.8. The lowest BCUT2D eigenvalue weighted by Crippen LogP contribution is -2.55. The number of nitrogens with one attached hydrogen (secondary N) is 2. The second-order valence-corrected chi connectivity index (χ2v) is 12.0. The van der Waals surface area contributed by atoms with Crippen LogP contribution in [0, 0.1) is 11.2 Å². The molecule has 4 N–H and O–H groups in total. The van der Waals surface area contributed by atoms with Crippen LogP contribution in [-0.4, -0.2) is 68.2 Å². The van der Waals surface area contributed by atoms with Crippen LogP contribution in [0.5, 0.6) is 0 Å². The monoisotopic (exact) mass is 719 g/mol. The Hall–Kier alpha value is -2.81. The van der Waals surface area contributed by atoms with Gasteiger partial charge in [0.1, 0.15) is 17.0 Å². The minimum atomic E-state index is -1.20. The molecule has 0 spiro atoms. The molecule has 230 valence electrons. The molecule has 45 heavy (non-hydrogen) atoms. The Bertz CT molecular complexity index is 1580. The van der Waals surface area contributed by atoms with Crippen molar-refractivity contribution in [2.45, 2.75) is 68.4 Å². The van der Waals surface area contributed by atoms with E-state index in [1.807, 2.05) is 24.0 Å². The Labute approximate surface area is 280 Å². The minimum Gasteiger partial charge on any atom is -0.400 e. The molecule has 3 fully saturated rings. The molecular formula is C31H34B3FIN5O4. The quantitative estimate of drug-likeness (QED) is 0.0671. The maximum atomic E-state index is 16.2. The van der Waals surface area contributed by atoms with Crippen molar-refractivity contribution in [2.24, 2.45) is 5.90 Å². The summed E-state index contributed by atoms with van der Waals surface area (Å²) in [6.45, 7) is 7.22. The number of aromatic nitrogens is 1. The van der Waals surface area contributed by atoms with Gasteiger partial charge in [-0.25, -0.2) is 4.39 Å². The van der Waals surface area contributed by atoms with E-state index in [-0.39, 0.29) is 18.2 Å². The number of piperidine rings is 2. The van der Waals surface area contributed by atoms with Crippen molar-refractivity contribution < 1.29 is 23.6 Å². The summed E-state index contributed by atoms with van der Waals surface area (Å²) in [5.74, 6) is 3.09. The van der Waals surface area contributed by atoms with E-state index in [2.05, 4.69) is 52.7 Å². The summed E-state index contributed by atoms with van der Waals surface area (Å²) in [6, 6.07) is 13.3. The highest BCUT2D eigenvalue weighted by Crippen LogP contribution is 2.62. The van der Waals surface area contributed by atoms with Gasteiger partial charge in [0.2, 0.25) is 11.8 Å². The molecule has 2 aromatic carbocycles. The van der Waals surface area contributed by atoms with Crippen LogP contribution in [0.15, 0.2) is 48.7 Å². The summed E-state index contributed by atoms with van der Waals surface area (Å²) < 4.78 is 22.5. The highest BCUT2D eigenvalue weighted by atomic mass is 127. The number of nitrogens with two attached hydrogens (primary N) is 1. The van der Waals surface area contributed by atoms with Crippen LogP contribution in [0.2, 0.25) is 0 Å². The molecule has 0 aliphatic carbocycles. The van der Waals surface area contributed by atoms with E-state index in [1.165, 1.54) is 5.56 Å². The molecule has 3 aliphatic heterocycles. The first kappa shape index (κ1) is 35.1. The molecule has 0 saturated carbocycles. The Morgan fingerprint density at radius 1 is 1.24 bits per heavy atom. The number of hydrogen-bond acceptors (Lipinski definition) is 8. The third kappa shape index (κ3) is 6.70. The zero-order chi connectivity index (χ0) is 33.2. The lowest BCUT2D eigenvalue weighted by molar-refractivity contribution is -0.134. The van der Waals surface area contributed by atoms with Crippen LogP contribution in [0.4, 0.5) is 4.39 Å². The molecule has 14 heteroatoms. The van der Waals surface area contributed by atoms with E-state index in [0.717, 1.165) is 5.56 Å². The molecule has 2 amide bonds. The van der Waals surface area contributed by atoms with Crippen molar-refractivity contribution in [3.8, 4) is 0 Å². The van der Waals surface area contributed by atoms with E-state index in [0.29, 0.717) is 60.3 Å². The fourth-order valence-electron chi connectivity index (χ4n) is 6.37. The normalized spacial score (nSPS) is 24.4. The van der Waals surface area contributed by atoms with Gasteiger partial charge in [-0.05, 0) is 59.8 Å². The van der Waals surface area contributed by atoms with Crippen molar-refractivity contribution in [1.29, 1.82) is 5.41 Å². The molecule has 4 heterocycles. The summed E-state index contributed by atoms with van der Waals surface area (Å²) in [4.78, 5) is 34.0. The van der Waals surface area contributed by atoms with Gasteiger partial charge in [-0.1, -0.05) is 44.2 Å². The van der Waals surface area contributed by atoms with E-state index >= 15 is 4.39 Å². The predicted octanol–water partition coefficient (Wildman–Crippen LogP) is 3.84. The number of carbonyl (C=O) groups is 2. The van der Waals surface area contributed by atoms with Crippen molar-refractivity contribution in [2.75, 3.05) is 13.1 Å². The van der Waals surface area contributed by atoms with E-state index in [9.17, 15) is 9.59 Å². The van der Waals surface area contributed by atoms with Gasteiger partial charge in [0.25, 0.3) is 0 Å². The first-order valence-electron chi connectivity index (χ1n) is 14.5. The number of hydrogen-bond donors (Lipinski definition) is 3. The third-order valence-electron chi connectivity index (χ3n) is 8.97. The molecule has 1 aromatic heterocycles. The minimum absolute atomic E-state index is 0.244. The number of pyridine rings is 1. The van der Waals surface area contributed by atoms with Crippen LogP contribution in [0.3, 0.4) is 0 Å². The highest BCUT2D eigenvalue weighted by molar-refractivity contribution is 14.1. The predicted molar refractivity (Wildman–Crippen MR) is 182 cm³/mol. The highest BCUT2D eigenvalue weighted by Gasteiger charge is 2.71. The zero-order valence-corrected chi connectivity index (χ0v) is 27.6. The smallest absolute Gasteiger partial charge is 0.234 e. The summed E-state index contributed by atoms with van der Waals surface area (Å²) in [6.07, 6.45) is 3.38. The number of benzene rings is 2. The van der Waals surface area contributed by atoms with E-state index in [1.54, 1.807) is 46.8 Å². The first-order valence-corrected chi connectivity index (χ1v) is 15.7. The Balaban J connectivity index is 0.000000713. The van der Waals surface area contributed by atoms with Crippen molar-refractivity contribution in [3.05, 3.63) is 76.7 Å². The molecule has 9 nitrogen and oxygen atoms in total. The van der Waals surface area contributed by atoms with Crippen molar-refractivity contribution >= 4 is 72.9 Å². The summed E-state index contributed by atoms with van der Waals surface area (Å²) >= 11 is 1.65. The number of ether oxygens (including phenoxy) is 1. The number of rotatable bonds is 6. The molecule has 3 aliphatic rings. The molecule has 3 unspecified atom stereocenters. The van der Waals surface area contributed by atoms with Crippen LogP contribution >= 0.6 is 22.4 Å². The molecule has 0 bridgehead atoms. The van der Waals surface area contributed by atoms with E-state index < -0.39 is 28.3 Å². The standard InChI is InChI=1S/C30H30B2FN3O3.CH4N2O.BI/c1-17(2)18-4-6-20(7-5-18)30(31,32)36-13-12-29(28(3,16-36)39-29)23-9-10-24-22(26(23)33)14-19(15-34-24)21-8-11-25(37)35-27(21)38;2-1-4-3;1-2/h4-7,9-10,14-15,17,21H,8,11-13,16H2,1-3H3,(H,35,37,38);1-2H,3H2;. The topological polar surface area (TPSA) is 134 Å². The maximum absolute atomic E-state index is 16.2. The zero-order valence-electron chi connectivity index (χ0n) is 25.5. The van der Waals surface area contributed by atoms with Crippen LogP contribution in [0.25, 0.3) is 10.9 Å². The largest absolute Gasteiger partial charge is 0.400 e. The molecule has 3 saturated heterocycles. The number of epoxide rings is 1. The number of amides is 2. The number of carbonyl (C=O) groups excluding carboxylic acids is 2. The average Bonchev–Trinajstić information content (AvgIpc) is 3.68. The van der Waals surface area contributed by atoms with Crippen LogP contribution < -0.4 is 11.2 Å². The molecular weight excluding hydrogens is 685 g/mol. The van der Waals surface area contributed by atoms with Gasteiger partial charge in [0.15, 0.2) is 12.1 Å². The fraction of sp³-hybridized carbons (Fsp3) is 0.419. The van der Waals surface area contributed by atoms with Gasteiger partial charge in [0, 0.05) is 36.7 Å². The number of fused-ring (bicyclic) bond motifs is 2. The van der Waals surface area contributed by atoms with Gasteiger partial charge in [-0.3, -0.25) is 25.3 Å². The lowest BCUT2D eigenvalue weighted by Gasteiger charge is -2.45. The number of halogens is 2. The lowest BCUT2D eigenvalue weighted by atomic mass is 9.56. The van der Waals surface area contributed by atoms with Gasteiger partial charge in [-0.15, -0.1) is 0 Å². The molecule has 3 atom stereocenters. The number of likely N-dealkylation sites (tertiary alicyclic amines) is 1. The van der Waals surface area contributed by atoms with Crippen molar-refractivity contribution in [3.63, 3.8) is 0 Å². The maximum Gasteiger partial charge on any atom is 0.234 e. The SMILES string of the molecule is N=CON.[B]C([B])(c1ccc(C(C)C)cc1)N1CCC2(c3ccc4ncc(C5CCC(=O)NC5=O)cc4c3F)OC2(C)C1.[B]I. The average molecular weight is 719 g/mol. The fourth-order valence-corrected chi connectivity index (χ4v) is 6.37. The van der Waals surface area contributed by atoms with E-state index in [4.69, 9.17) is 25.8 Å². The van der Waals surface area contributed by atoms with Gasteiger partial charge in [0.05, 0.1) is 27.1 Å².